The van der Waals surface area contributed by atoms with Crippen LogP contribution in [0.1, 0.15) is 48.0 Å². The fourth-order valence-electron chi connectivity index (χ4n) is 2.38. The van der Waals surface area contributed by atoms with Crippen LogP contribution in [0.5, 0.6) is 0 Å². The maximum absolute atomic E-state index is 12.0. The van der Waals surface area contributed by atoms with Crippen molar-refractivity contribution in [3.63, 3.8) is 0 Å². The molecule has 0 radical (unpaired) electrons. The van der Waals surface area contributed by atoms with Crippen LogP contribution in [0.25, 0.3) is 0 Å². The minimum absolute atomic E-state index is 0.0126. The SMILES string of the molecule is CC(C)SC(=O)C[C@H]1NC(=O)[C@@H]1[C@@H](C)O[Si](C)(C)C(C)(C)C. The molecular formula is C16H31NO3SSi. The van der Waals surface area contributed by atoms with Gasteiger partial charge >= 0.3 is 0 Å². The van der Waals surface area contributed by atoms with Crippen LogP contribution in [0.15, 0.2) is 0 Å². The molecule has 1 N–H and O–H groups in total. The molecule has 1 saturated heterocycles. The molecule has 1 heterocycles. The molecule has 1 aliphatic heterocycles. The Hall–Kier alpha value is -0.333. The molecule has 128 valence electrons. The molecule has 3 atom stereocenters. The zero-order valence-electron chi connectivity index (χ0n) is 15.1. The van der Waals surface area contributed by atoms with Crippen LogP contribution < -0.4 is 5.32 Å². The minimum atomic E-state index is -1.91. The lowest BCUT2D eigenvalue weighted by atomic mass is 9.84. The molecule has 6 heteroatoms. The van der Waals surface area contributed by atoms with Crippen LogP contribution in [0, 0.1) is 5.92 Å². The van der Waals surface area contributed by atoms with Gasteiger partial charge in [0.15, 0.2) is 13.4 Å². The molecule has 0 bridgehead atoms. The molecule has 0 aliphatic carbocycles. The Labute approximate surface area is 140 Å². The highest BCUT2D eigenvalue weighted by Crippen LogP contribution is 2.39. The van der Waals surface area contributed by atoms with Crippen LogP contribution in [0.3, 0.4) is 0 Å². The summed E-state index contributed by atoms with van der Waals surface area (Å²) in [6, 6.07) is -0.0778. The van der Waals surface area contributed by atoms with E-state index in [1.165, 1.54) is 11.8 Å². The van der Waals surface area contributed by atoms with Gasteiger partial charge in [0.25, 0.3) is 0 Å². The molecule has 0 unspecified atom stereocenters. The highest BCUT2D eigenvalue weighted by molar-refractivity contribution is 8.14. The van der Waals surface area contributed by atoms with Crippen LogP contribution >= 0.6 is 11.8 Å². The minimum Gasteiger partial charge on any atom is -0.413 e. The van der Waals surface area contributed by atoms with E-state index in [-0.39, 0.29) is 39.4 Å². The van der Waals surface area contributed by atoms with E-state index in [1.54, 1.807) is 0 Å². The van der Waals surface area contributed by atoms with E-state index in [1.807, 2.05) is 20.8 Å². The Morgan fingerprint density at radius 1 is 1.32 bits per heavy atom. The molecular weight excluding hydrogens is 314 g/mol. The van der Waals surface area contributed by atoms with Gasteiger partial charge in [0, 0.05) is 11.7 Å². The number of nitrogens with one attached hydrogen (secondary N) is 1. The Kier molecular flexibility index (Phi) is 6.32. The maximum atomic E-state index is 12.0. The number of rotatable bonds is 6. The van der Waals surface area contributed by atoms with Crippen molar-refractivity contribution in [3.8, 4) is 0 Å². The van der Waals surface area contributed by atoms with Gasteiger partial charge in [-0.25, -0.2) is 0 Å². The van der Waals surface area contributed by atoms with Gasteiger partial charge < -0.3 is 9.74 Å². The Morgan fingerprint density at radius 3 is 2.27 bits per heavy atom. The van der Waals surface area contributed by atoms with Crippen molar-refractivity contribution in [3.05, 3.63) is 0 Å². The van der Waals surface area contributed by atoms with E-state index < -0.39 is 8.32 Å². The molecule has 0 aromatic heterocycles. The topological polar surface area (TPSA) is 55.4 Å². The summed E-state index contributed by atoms with van der Waals surface area (Å²) in [4.78, 5) is 23.9. The summed E-state index contributed by atoms with van der Waals surface area (Å²) >= 11 is 1.34. The lowest BCUT2D eigenvalue weighted by Gasteiger charge is -2.45. The largest absolute Gasteiger partial charge is 0.413 e. The number of thioether (sulfide) groups is 1. The number of carbonyl (C=O) groups is 2. The van der Waals surface area contributed by atoms with Crippen LogP contribution in [-0.2, 0) is 14.0 Å². The van der Waals surface area contributed by atoms with E-state index in [0.29, 0.717) is 6.42 Å². The van der Waals surface area contributed by atoms with Crippen molar-refractivity contribution >= 4 is 31.1 Å². The van der Waals surface area contributed by atoms with Crippen LogP contribution in [0.4, 0.5) is 0 Å². The molecule has 4 nitrogen and oxygen atoms in total. The van der Waals surface area contributed by atoms with Crippen LogP contribution in [-0.4, -0.2) is 36.7 Å². The highest BCUT2D eigenvalue weighted by atomic mass is 32.2. The summed E-state index contributed by atoms with van der Waals surface area (Å²) in [5.74, 6) is -0.190. The highest BCUT2D eigenvalue weighted by Gasteiger charge is 2.47. The van der Waals surface area contributed by atoms with Crippen molar-refractivity contribution < 1.29 is 14.0 Å². The lowest BCUT2D eigenvalue weighted by Crippen LogP contribution is -2.64. The molecule has 22 heavy (non-hydrogen) atoms. The Morgan fingerprint density at radius 2 is 1.86 bits per heavy atom. The molecule has 0 saturated carbocycles. The number of amides is 1. The third-order valence-electron chi connectivity index (χ3n) is 4.61. The second-order valence-electron chi connectivity index (χ2n) is 7.97. The third-order valence-corrected chi connectivity index (χ3v) is 10.1. The van der Waals surface area contributed by atoms with E-state index >= 15 is 0 Å². The fraction of sp³-hybridized carbons (Fsp3) is 0.875. The van der Waals surface area contributed by atoms with Gasteiger partial charge in [-0.05, 0) is 25.1 Å². The molecule has 0 aromatic rings. The normalized spacial score (nSPS) is 24.0. The first-order valence-electron chi connectivity index (χ1n) is 8.03. The van der Waals surface area contributed by atoms with Gasteiger partial charge in [-0.15, -0.1) is 0 Å². The van der Waals surface area contributed by atoms with E-state index in [4.69, 9.17) is 4.43 Å². The van der Waals surface area contributed by atoms with E-state index in [0.717, 1.165) is 0 Å². The third kappa shape index (κ3) is 4.83. The summed E-state index contributed by atoms with van der Waals surface area (Å²) in [7, 11) is -1.91. The molecule has 1 aliphatic rings. The van der Waals surface area contributed by atoms with Crippen molar-refractivity contribution in [2.75, 3.05) is 0 Å². The first-order valence-corrected chi connectivity index (χ1v) is 11.8. The van der Waals surface area contributed by atoms with Crippen molar-refractivity contribution in [1.82, 2.24) is 5.32 Å². The van der Waals surface area contributed by atoms with Crippen molar-refractivity contribution in [2.45, 2.75) is 83.5 Å². The van der Waals surface area contributed by atoms with E-state index in [2.05, 4.69) is 39.2 Å². The van der Waals surface area contributed by atoms with Crippen LogP contribution in [0.2, 0.25) is 18.1 Å². The molecule has 0 spiro atoms. The average Bonchev–Trinajstić information content (AvgIpc) is 2.23. The van der Waals surface area contributed by atoms with Gasteiger partial charge in [-0.3, -0.25) is 9.59 Å². The quantitative estimate of drug-likeness (QED) is 0.590. The van der Waals surface area contributed by atoms with Crippen molar-refractivity contribution in [1.29, 1.82) is 0 Å². The zero-order valence-corrected chi connectivity index (χ0v) is 17.0. The van der Waals surface area contributed by atoms with Crippen molar-refractivity contribution in [2.24, 2.45) is 5.92 Å². The summed E-state index contributed by atoms with van der Waals surface area (Å²) in [6.07, 6.45) is 0.251. The van der Waals surface area contributed by atoms with Gasteiger partial charge in [-0.2, -0.15) is 0 Å². The molecule has 1 fully saturated rings. The van der Waals surface area contributed by atoms with Gasteiger partial charge in [0.05, 0.1) is 18.1 Å². The summed E-state index contributed by atoms with van der Waals surface area (Å²) in [5, 5.41) is 3.40. The number of β-lactam (4-membered cyclic amide) rings is 1. The second-order valence-corrected chi connectivity index (χ2v) is 14.4. The predicted molar refractivity (Wildman–Crippen MR) is 95.5 cm³/mol. The predicted octanol–water partition coefficient (Wildman–Crippen LogP) is 3.57. The first-order chi connectivity index (χ1) is 9.85. The lowest BCUT2D eigenvalue weighted by molar-refractivity contribution is -0.140. The fourth-order valence-corrected chi connectivity index (χ4v) is 4.61. The number of hydrogen-bond donors (Lipinski definition) is 1. The average molecular weight is 346 g/mol. The first kappa shape index (κ1) is 19.7. The number of carbonyl (C=O) groups excluding carboxylic acids is 2. The smallest absolute Gasteiger partial charge is 0.228 e. The van der Waals surface area contributed by atoms with Gasteiger partial charge in [0.2, 0.25) is 5.91 Å². The van der Waals surface area contributed by atoms with E-state index in [9.17, 15) is 9.59 Å². The molecule has 1 amide bonds. The van der Waals surface area contributed by atoms with Gasteiger partial charge in [0.1, 0.15) is 0 Å². The summed E-state index contributed by atoms with van der Waals surface area (Å²) < 4.78 is 6.33. The molecule has 1 rings (SSSR count). The Balaban J connectivity index is 2.65. The standard InChI is InChI=1S/C16H31NO3SSi/c1-10(2)21-13(18)9-12-14(15(19)17-12)11(3)20-22(7,8)16(4,5)6/h10-12,14H,9H2,1-8H3,(H,17,19)/t11-,12-,14-/m1/s1. The monoisotopic (exact) mass is 345 g/mol. The number of hydrogen-bond acceptors (Lipinski definition) is 4. The summed E-state index contributed by atoms with van der Waals surface area (Å²) in [6.45, 7) is 16.9. The van der Waals surface area contributed by atoms with Gasteiger partial charge in [-0.1, -0.05) is 46.4 Å². The Bertz CT molecular complexity index is 432. The zero-order chi connectivity index (χ0) is 17.3. The molecule has 0 aromatic carbocycles. The summed E-state index contributed by atoms with van der Waals surface area (Å²) in [5.41, 5.74) is 0. The second kappa shape index (κ2) is 7.05. The maximum Gasteiger partial charge on any atom is 0.228 e.